The summed E-state index contributed by atoms with van der Waals surface area (Å²) in [6.07, 6.45) is 2.36. The number of ether oxygens (including phenoxy) is 1. The van der Waals surface area contributed by atoms with Crippen LogP contribution in [0.15, 0.2) is 47.1 Å². The number of phenolic OH excluding ortho intramolecular Hbond substituents is 1. The summed E-state index contributed by atoms with van der Waals surface area (Å²) in [7, 11) is 0. The van der Waals surface area contributed by atoms with Gasteiger partial charge in [-0.05, 0) is 40.7 Å². The van der Waals surface area contributed by atoms with Gasteiger partial charge in [0.2, 0.25) is 5.89 Å². The van der Waals surface area contributed by atoms with Crippen LogP contribution in [0.4, 0.5) is 0 Å². The molecule has 194 valence electrons. The minimum atomic E-state index is -0.204. The molecule has 1 aliphatic heterocycles. The van der Waals surface area contributed by atoms with E-state index < -0.39 is 0 Å². The van der Waals surface area contributed by atoms with Crippen LogP contribution in [0.5, 0.6) is 11.5 Å². The molecule has 0 radical (unpaired) electrons. The number of aromatic hydroxyl groups is 1. The quantitative estimate of drug-likeness (QED) is 0.444. The van der Waals surface area contributed by atoms with Crippen LogP contribution in [-0.4, -0.2) is 47.8 Å². The standard InChI is InChI=1S/C30H41N3O3/c1-29(2,3)25-17-22(18-26(27(25)34)30(4,5)6)28-32-23(20-36-28)11-16-35-24-9-7-21(8-10-24)19-33-14-12-31-13-15-33/h7-10,17-18,20,31,34H,11-16,19H2,1-6H3. The lowest BCUT2D eigenvalue weighted by atomic mass is 9.78. The lowest BCUT2D eigenvalue weighted by molar-refractivity contribution is 0.233. The molecular formula is C30H41N3O3. The van der Waals surface area contributed by atoms with E-state index in [-0.39, 0.29) is 10.8 Å². The molecule has 0 atom stereocenters. The molecule has 0 bridgehead atoms. The number of nitrogens with one attached hydrogen (secondary N) is 1. The number of hydrogen-bond donors (Lipinski definition) is 2. The molecule has 2 N–H and O–H groups in total. The van der Waals surface area contributed by atoms with Crippen LogP contribution in [0, 0.1) is 0 Å². The van der Waals surface area contributed by atoms with E-state index in [0.717, 1.165) is 60.9 Å². The number of rotatable bonds is 7. The number of hydrogen-bond acceptors (Lipinski definition) is 6. The highest BCUT2D eigenvalue weighted by Gasteiger charge is 2.27. The van der Waals surface area contributed by atoms with Gasteiger partial charge >= 0.3 is 0 Å². The largest absolute Gasteiger partial charge is 0.507 e. The molecule has 0 amide bonds. The van der Waals surface area contributed by atoms with Crippen molar-refractivity contribution in [2.45, 2.75) is 65.3 Å². The maximum atomic E-state index is 11.0. The molecule has 1 aromatic heterocycles. The Hall–Kier alpha value is -2.83. The number of aromatic nitrogens is 1. The first-order valence-corrected chi connectivity index (χ1v) is 13.0. The third kappa shape index (κ3) is 6.48. The van der Waals surface area contributed by atoms with E-state index in [0.29, 0.717) is 24.7 Å². The fourth-order valence-electron chi connectivity index (χ4n) is 4.55. The van der Waals surface area contributed by atoms with Crippen LogP contribution in [0.3, 0.4) is 0 Å². The summed E-state index contributed by atoms with van der Waals surface area (Å²) >= 11 is 0. The molecule has 2 heterocycles. The normalized spacial score (nSPS) is 15.3. The SMILES string of the molecule is CC(C)(C)c1cc(-c2nc(CCOc3ccc(CN4CCNCC4)cc3)co2)cc(C(C)(C)C)c1O. The van der Waals surface area contributed by atoms with Crippen molar-refractivity contribution in [3.63, 3.8) is 0 Å². The molecule has 6 nitrogen and oxygen atoms in total. The van der Waals surface area contributed by atoms with Crippen molar-refractivity contribution in [1.82, 2.24) is 15.2 Å². The van der Waals surface area contributed by atoms with E-state index in [1.54, 1.807) is 6.26 Å². The second kappa shape index (κ2) is 10.7. The van der Waals surface area contributed by atoms with Gasteiger partial charge in [0.1, 0.15) is 17.8 Å². The van der Waals surface area contributed by atoms with Crippen molar-refractivity contribution in [3.05, 3.63) is 65.0 Å². The van der Waals surface area contributed by atoms with Crippen molar-refractivity contribution in [2.24, 2.45) is 0 Å². The molecule has 1 fully saturated rings. The molecule has 1 aliphatic rings. The first-order valence-electron chi connectivity index (χ1n) is 13.0. The average Bonchev–Trinajstić information content (AvgIpc) is 3.28. The van der Waals surface area contributed by atoms with E-state index in [9.17, 15) is 5.11 Å². The summed E-state index contributed by atoms with van der Waals surface area (Å²) < 4.78 is 11.8. The Kier molecular flexibility index (Phi) is 7.76. The number of benzene rings is 2. The van der Waals surface area contributed by atoms with Gasteiger partial charge in [0.15, 0.2) is 0 Å². The van der Waals surface area contributed by atoms with Crippen LogP contribution in [0.2, 0.25) is 0 Å². The Bertz CT molecular complexity index is 1110. The van der Waals surface area contributed by atoms with Gasteiger partial charge in [-0.15, -0.1) is 0 Å². The molecular weight excluding hydrogens is 450 g/mol. The Balaban J connectivity index is 1.39. The molecule has 2 aromatic carbocycles. The lowest BCUT2D eigenvalue weighted by Gasteiger charge is -2.27. The minimum Gasteiger partial charge on any atom is -0.507 e. The van der Waals surface area contributed by atoms with Gasteiger partial charge < -0.3 is 19.6 Å². The zero-order valence-electron chi connectivity index (χ0n) is 22.6. The first-order chi connectivity index (χ1) is 17.0. The van der Waals surface area contributed by atoms with Gasteiger partial charge in [-0.25, -0.2) is 4.98 Å². The number of piperazine rings is 1. The molecule has 0 unspecified atom stereocenters. The highest BCUT2D eigenvalue weighted by molar-refractivity contribution is 5.63. The summed E-state index contributed by atoms with van der Waals surface area (Å²) in [5, 5.41) is 14.4. The predicted octanol–water partition coefficient (Wildman–Crippen LogP) is 5.67. The Labute approximate surface area is 215 Å². The summed E-state index contributed by atoms with van der Waals surface area (Å²) in [6.45, 7) is 18.5. The van der Waals surface area contributed by atoms with Gasteiger partial charge in [-0.3, -0.25) is 4.90 Å². The Morgan fingerprint density at radius 1 is 0.972 bits per heavy atom. The van der Waals surface area contributed by atoms with E-state index >= 15 is 0 Å². The predicted molar refractivity (Wildman–Crippen MR) is 145 cm³/mol. The van der Waals surface area contributed by atoms with Crippen LogP contribution in [0.25, 0.3) is 11.5 Å². The summed E-state index contributed by atoms with van der Waals surface area (Å²) in [5.41, 5.74) is 4.43. The lowest BCUT2D eigenvalue weighted by Crippen LogP contribution is -2.42. The second-order valence-corrected chi connectivity index (χ2v) is 11.8. The van der Waals surface area contributed by atoms with Crippen LogP contribution in [0.1, 0.15) is 63.9 Å². The molecule has 1 saturated heterocycles. The molecule has 36 heavy (non-hydrogen) atoms. The highest BCUT2D eigenvalue weighted by Crippen LogP contribution is 2.41. The van der Waals surface area contributed by atoms with Crippen molar-refractivity contribution >= 4 is 0 Å². The zero-order chi connectivity index (χ0) is 25.9. The zero-order valence-corrected chi connectivity index (χ0v) is 22.6. The van der Waals surface area contributed by atoms with Gasteiger partial charge in [-0.2, -0.15) is 0 Å². The van der Waals surface area contributed by atoms with Gasteiger partial charge in [0.25, 0.3) is 0 Å². The van der Waals surface area contributed by atoms with E-state index in [4.69, 9.17) is 14.1 Å². The highest BCUT2D eigenvalue weighted by atomic mass is 16.5. The summed E-state index contributed by atoms with van der Waals surface area (Å²) in [5.74, 6) is 1.79. The molecule has 0 saturated carbocycles. The fraction of sp³-hybridized carbons (Fsp3) is 0.500. The monoisotopic (exact) mass is 491 g/mol. The Morgan fingerprint density at radius 3 is 2.17 bits per heavy atom. The molecule has 0 aliphatic carbocycles. The van der Waals surface area contributed by atoms with Gasteiger partial charge in [-0.1, -0.05) is 53.7 Å². The molecule has 3 aromatic rings. The van der Waals surface area contributed by atoms with E-state index in [1.165, 1.54) is 5.56 Å². The van der Waals surface area contributed by atoms with Crippen molar-refractivity contribution in [3.8, 4) is 23.0 Å². The maximum absolute atomic E-state index is 11.0. The third-order valence-electron chi connectivity index (χ3n) is 6.69. The van der Waals surface area contributed by atoms with E-state index in [1.807, 2.05) is 24.3 Å². The van der Waals surface area contributed by atoms with Gasteiger partial charge in [0.05, 0.1) is 12.3 Å². The first kappa shape index (κ1) is 26.2. The second-order valence-electron chi connectivity index (χ2n) is 11.8. The smallest absolute Gasteiger partial charge is 0.226 e. The Morgan fingerprint density at radius 2 is 1.58 bits per heavy atom. The number of oxazole rings is 1. The number of nitrogens with zero attached hydrogens (tertiary/aromatic N) is 2. The van der Waals surface area contributed by atoms with Crippen LogP contribution >= 0.6 is 0 Å². The molecule has 4 rings (SSSR count). The average molecular weight is 492 g/mol. The van der Waals surface area contributed by atoms with Crippen molar-refractivity contribution in [2.75, 3.05) is 32.8 Å². The topological polar surface area (TPSA) is 70.8 Å². The van der Waals surface area contributed by atoms with E-state index in [2.05, 4.69) is 63.9 Å². The van der Waals surface area contributed by atoms with Crippen molar-refractivity contribution < 1.29 is 14.3 Å². The minimum absolute atomic E-state index is 0.204. The number of phenols is 1. The third-order valence-corrected chi connectivity index (χ3v) is 6.69. The van der Waals surface area contributed by atoms with Crippen molar-refractivity contribution in [1.29, 1.82) is 0 Å². The molecule has 6 heteroatoms. The summed E-state index contributed by atoms with van der Waals surface area (Å²) in [6, 6.07) is 12.4. The van der Waals surface area contributed by atoms with Gasteiger partial charge in [0, 0.05) is 55.8 Å². The van der Waals surface area contributed by atoms with Crippen LogP contribution < -0.4 is 10.1 Å². The summed E-state index contributed by atoms with van der Waals surface area (Å²) in [4.78, 5) is 7.20. The fourth-order valence-corrected chi connectivity index (χ4v) is 4.55. The molecule has 0 spiro atoms. The van der Waals surface area contributed by atoms with Crippen LogP contribution in [-0.2, 0) is 23.8 Å². The maximum Gasteiger partial charge on any atom is 0.226 e.